The van der Waals surface area contributed by atoms with Crippen LogP contribution in [-0.2, 0) is 23.0 Å². The van der Waals surface area contributed by atoms with Crippen LogP contribution < -0.4 is 10.0 Å². The van der Waals surface area contributed by atoms with Gasteiger partial charge in [0.2, 0.25) is 10.0 Å². The van der Waals surface area contributed by atoms with Crippen molar-refractivity contribution in [1.82, 2.24) is 15.0 Å². The van der Waals surface area contributed by atoms with E-state index in [4.69, 9.17) is 0 Å². The molecule has 2 aromatic heterocycles. The molecule has 2 heterocycles. The van der Waals surface area contributed by atoms with E-state index in [2.05, 4.69) is 15.0 Å². The van der Waals surface area contributed by atoms with E-state index in [1.54, 1.807) is 11.6 Å². The average Bonchev–Trinajstić information content (AvgIpc) is 3.01. The summed E-state index contributed by atoms with van der Waals surface area (Å²) in [5, 5.41) is 4.96. The van der Waals surface area contributed by atoms with Gasteiger partial charge in [0.05, 0.1) is 11.2 Å². The second-order valence-electron chi connectivity index (χ2n) is 4.33. The van der Waals surface area contributed by atoms with Crippen LogP contribution in [0.5, 0.6) is 0 Å². The highest BCUT2D eigenvalue weighted by Crippen LogP contribution is 2.25. The summed E-state index contributed by atoms with van der Waals surface area (Å²) in [4.78, 5) is 5.18. The molecule has 2 rings (SSSR count). The number of nitrogens with one attached hydrogen (secondary N) is 2. The van der Waals surface area contributed by atoms with E-state index in [-0.39, 0.29) is 0 Å². The van der Waals surface area contributed by atoms with Crippen LogP contribution in [0, 0.1) is 6.92 Å². The molecule has 8 heteroatoms. The molecule has 2 aromatic rings. The second-order valence-corrected chi connectivity index (χ2v) is 8.18. The molecule has 0 radical (unpaired) electrons. The molecule has 0 aromatic carbocycles. The molecular formula is C12H17N3O2S3. The van der Waals surface area contributed by atoms with Crippen molar-refractivity contribution in [2.45, 2.75) is 24.1 Å². The summed E-state index contributed by atoms with van der Waals surface area (Å²) in [7, 11) is -1.57. The van der Waals surface area contributed by atoms with E-state index in [1.807, 2.05) is 19.4 Å². The predicted molar refractivity (Wildman–Crippen MR) is 82.8 cm³/mol. The van der Waals surface area contributed by atoms with Gasteiger partial charge in [-0.25, -0.2) is 18.1 Å². The van der Waals surface area contributed by atoms with E-state index in [0.717, 1.165) is 16.1 Å². The van der Waals surface area contributed by atoms with Crippen LogP contribution in [0.3, 0.4) is 0 Å². The molecule has 0 saturated carbocycles. The summed E-state index contributed by atoms with van der Waals surface area (Å²) in [6.07, 6.45) is 0.608. The van der Waals surface area contributed by atoms with Crippen molar-refractivity contribution in [1.29, 1.82) is 0 Å². The zero-order chi connectivity index (χ0) is 14.6. The Hall–Kier alpha value is -0.800. The molecule has 0 spiro atoms. The Bertz CT molecular complexity index is 648. The molecule has 5 nitrogen and oxygen atoms in total. The minimum absolute atomic E-state index is 0.365. The predicted octanol–water partition coefficient (Wildman–Crippen LogP) is 1.75. The number of sulfonamides is 1. The third-order valence-electron chi connectivity index (χ3n) is 2.76. The molecule has 110 valence electrons. The Balaban J connectivity index is 2.00. The van der Waals surface area contributed by atoms with Crippen molar-refractivity contribution < 1.29 is 8.42 Å². The summed E-state index contributed by atoms with van der Waals surface area (Å²) >= 11 is 2.82. The maximum Gasteiger partial charge on any atom is 0.250 e. The van der Waals surface area contributed by atoms with E-state index in [1.165, 1.54) is 22.7 Å². The van der Waals surface area contributed by atoms with Crippen molar-refractivity contribution in [2.75, 3.05) is 13.6 Å². The van der Waals surface area contributed by atoms with Crippen molar-refractivity contribution in [3.05, 3.63) is 33.1 Å². The maximum atomic E-state index is 12.2. The monoisotopic (exact) mass is 331 g/mol. The van der Waals surface area contributed by atoms with Crippen LogP contribution in [0.1, 0.15) is 16.1 Å². The first-order chi connectivity index (χ1) is 9.53. The van der Waals surface area contributed by atoms with Crippen LogP contribution in [0.4, 0.5) is 0 Å². The van der Waals surface area contributed by atoms with Gasteiger partial charge < -0.3 is 5.32 Å². The van der Waals surface area contributed by atoms with Crippen LogP contribution in [0.25, 0.3) is 0 Å². The topological polar surface area (TPSA) is 71.1 Å². The van der Waals surface area contributed by atoms with Crippen molar-refractivity contribution in [2.24, 2.45) is 0 Å². The highest BCUT2D eigenvalue weighted by molar-refractivity contribution is 7.91. The van der Waals surface area contributed by atoms with Crippen LogP contribution in [0.15, 0.2) is 21.2 Å². The Kier molecular flexibility index (Phi) is 5.28. The van der Waals surface area contributed by atoms with Gasteiger partial charge in [-0.1, -0.05) is 0 Å². The first-order valence-electron chi connectivity index (χ1n) is 6.13. The van der Waals surface area contributed by atoms with Gasteiger partial charge in [-0.3, -0.25) is 0 Å². The Morgan fingerprint density at radius 2 is 2.20 bits per heavy atom. The number of nitrogens with zero attached hydrogens (tertiary/aromatic N) is 1. The molecule has 0 aliphatic carbocycles. The summed E-state index contributed by atoms with van der Waals surface area (Å²) in [5.74, 6) is 0. The SMILES string of the molecule is CNCc1sc(S(=O)(=O)NCCc2cscn2)cc1C. The van der Waals surface area contributed by atoms with Crippen LogP contribution in [0.2, 0.25) is 0 Å². The van der Waals surface area contributed by atoms with Gasteiger partial charge in [-0.2, -0.15) is 0 Å². The molecule has 0 fully saturated rings. The fourth-order valence-electron chi connectivity index (χ4n) is 1.70. The number of rotatable bonds is 7. The van der Waals surface area contributed by atoms with Gasteiger partial charge >= 0.3 is 0 Å². The number of hydrogen-bond acceptors (Lipinski definition) is 6. The second kappa shape index (κ2) is 6.77. The van der Waals surface area contributed by atoms with E-state index in [9.17, 15) is 8.42 Å². The molecule has 0 bridgehead atoms. The number of aromatic nitrogens is 1. The molecular weight excluding hydrogens is 314 g/mol. The highest BCUT2D eigenvalue weighted by Gasteiger charge is 2.18. The largest absolute Gasteiger partial charge is 0.315 e. The number of thiophene rings is 1. The van der Waals surface area contributed by atoms with Gasteiger partial charge in [0.1, 0.15) is 4.21 Å². The summed E-state index contributed by atoms with van der Waals surface area (Å²) in [6.45, 7) is 2.98. The minimum atomic E-state index is -3.42. The molecule has 2 N–H and O–H groups in total. The van der Waals surface area contributed by atoms with Crippen LogP contribution in [-0.4, -0.2) is 27.0 Å². The molecule has 20 heavy (non-hydrogen) atoms. The maximum absolute atomic E-state index is 12.2. The van der Waals surface area contributed by atoms with Crippen molar-refractivity contribution in [3.63, 3.8) is 0 Å². The third-order valence-corrected chi connectivity index (χ3v) is 6.56. The molecule has 0 atom stereocenters. The first-order valence-corrected chi connectivity index (χ1v) is 9.38. The fraction of sp³-hybridized carbons (Fsp3) is 0.417. The van der Waals surface area contributed by atoms with E-state index >= 15 is 0 Å². The fourth-order valence-corrected chi connectivity index (χ4v) is 4.97. The van der Waals surface area contributed by atoms with Crippen LogP contribution >= 0.6 is 22.7 Å². The molecule has 0 saturated heterocycles. The number of aryl methyl sites for hydroxylation is 1. The Morgan fingerprint density at radius 3 is 2.85 bits per heavy atom. The van der Waals surface area contributed by atoms with Gasteiger partial charge in [0, 0.05) is 29.8 Å². The highest BCUT2D eigenvalue weighted by atomic mass is 32.2. The smallest absolute Gasteiger partial charge is 0.250 e. The molecule has 0 aliphatic rings. The first kappa shape index (κ1) is 15.6. The lowest BCUT2D eigenvalue weighted by atomic mass is 10.3. The molecule has 0 unspecified atom stereocenters. The summed E-state index contributed by atoms with van der Waals surface area (Å²) < 4.78 is 27.4. The van der Waals surface area contributed by atoms with E-state index in [0.29, 0.717) is 23.7 Å². The number of thiazole rings is 1. The Morgan fingerprint density at radius 1 is 1.40 bits per heavy atom. The zero-order valence-electron chi connectivity index (χ0n) is 11.3. The van der Waals surface area contributed by atoms with Crippen molar-refractivity contribution >= 4 is 32.7 Å². The third kappa shape index (κ3) is 3.86. The minimum Gasteiger partial charge on any atom is -0.315 e. The standard InChI is InChI=1S/C12H17N3O2S3/c1-9-5-12(19-11(9)6-13-2)20(16,17)15-4-3-10-7-18-8-14-10/h5,7-8,13,15H,3-4,6H2,1-2H3. The lowest BCUT2D eigenvalue weighted by Gasteiger charge is -2.03. The van der Waals surface area contributed by atoms with Gasteiger partial charge in [0.15, 0.2) is 0 Å². The van der Waals surface area contributed by atoms with Gasteiger partial charge in [-0.05, 0) is 25.6 Å². The Labute approximate surface area is 127 Å². The summed E-state index contributed by atoms with van der Waals surface area (Å²) in [5.41, 5.74) is 3.66. The lowest BCUT2D eigenvalue weighted by molar-refractivity contribution is 0.583. The van der Waals surface area contributed by atoms with Crippen molar-refractivity contribution in [3.8, 4) is 0 Å². The summed E-state index contributed by atoms with van der Waals surface area (Å²) in [6, 6.07) is 1.72. The quantitative estimate of drug-likeness (QED) is 0.811. The normalized spacial score (nSPS) is 11.9. The lowest BCUT2D eigenvalue weighted by Crippen LogP contribution is -2.25. The van der Waals surface area contributed by atoms with Gasteiger partial charge in [0.25, 0.3) is 0 Å². The molecule has 0 aliphatic heterocycles. The molecule has 0 amide bonds. The number of hydrogen-bond donors (Lipinski definition) is 2. The average molecular weight is 331 g/mol. The van der Waals surface area contributed by atoms with Gasteiger partial charge in [-0.15, -0.1) is 22.7 Å². The zero-order valence-corrected chi connectivity index (χ0v) is 13.8. The van der Waals surface area contributed by atoms with E-state index < -0.39 is 10.0 Å².